The minimum atomic E-state index is -0.714. The van der Waals surface area contributed by atoms with Gasteiger partial charge in [0.2, 0.25) is 5.88 Å². The molecule has 0 unspecified atom stereocenters. The maximum atomic E-state index is 13.5. The molecule has 3 N–H and O–H groups in total. The number of hydrogen-bond donors (Lipinski definition) is 3. The largest absolute Gasteiger partial charge is 0.481 e. The topological polar surface area (TPSA) is 134 Å². The Balaban J connectivity index is 1.09. The highest BCUT2D eigenvalue weighted by Gasteiger charge is 2.71. The first-order valence-corrected chi connectivity index (χ1v) is 16.9. The van der Waals surface area contributed by atoms with Gasteiger partial charge in [-0.1, -0.05) is 41.4 Å². The van der Waals surface area contributed by atoms with Crippen molar-refractivity contribution in [3.05, 3.63) is 75.4 Å². The van der Waals surface area contributed by atoms with Crippen LogP contribution in [0.25, 0.3) is 22.5 Å². The zero-order valence-corrected chi connectivity index (χ0v) is 28.7. The Bertz CT molecular complexity index is 1950. The number of halogens is 3. The van der Waals surface area contributed by atoms with Crippen molar-refractivity contribution < 1.29 is 23.8 Å². The van der Waals surface area contributed by atoms with Crippen molar-refractivity contribution in [3.63, 3.8) is 0 Å². The van der Waals surface area contributed by atoms with Crippen molar-refractivity contribution in [2.75, 3.05) is 32.2 Å². The number of methoxy groups -OCH3 is 1. The number of anilines is 1. The van der Waals surface area contributed by atoms with Gasteiger partial charge in [-0.25, -0.2) is 9.97 Å². The van der Waals surface area contributed by atoms with E-state index in [0.29, 0.717) is 84.4 Å². The molecule has 256 valence electrons. The summed E-state index contributed by atoms with van der Waals surface area (Å²) in [6, 6.07) is 10.8. The Morgan fingerprint density at radius 1 is 1.08 bits per heavy atom. The van der Waals surface area contributed by atoms with E-state index in [0.717, 1.165) is 29.9 Å². The monoisotopic (exact) mass is 707 g/mol. The first kappa shape index (κ1) is 33.4. The van der Waals surface area contributed by atoms with E-state index >= 15 is 0 Å². The molecule has 3 aliphatic carbocycles. The number of nitrogens with zero attached hydrogens (tertiary/aromatic N) is 5. The number of fused-ring (bicyclic) bond motifs is 1. The van der Waals surface area contributed by atoms with Crippen LogP contribution in [0.15, 0.2) is 42.6 Å². The number of carbonyl (C=O) groups excluding carboxylic acids is 1. The molecule has 0 atom stereocenters. The van der Waals surface area contributed by atoms with Gasteiger partial charge in [0.05, 0.1) is 52.0 Å². The SMILES string of the molecule is COc1nc(-c2ccnc(-c3cccc(NC(=O)c4nc5c(n4C)CCN(CCCF)C5)c3Cl)c2Cl)ccc1CNC12CC(C(=O)O)(C1)C2. The van der Waals surface area contributed by atoms with Crippen molar-refractivity contribution in [3.8, 4) is 28.4 Å². The number of nitrogens with one attached hydrogen (secondary N) is 2. The molecule has 49 heavy (non-hydrogen) atoms. The number of aliphatic carboxylic acids is 1. The Kier molecular flexibility index (Phi) is 8.85. The molecule has 1 amide bonds. The Labute approximate surface area is 292 Å². The van der Waals surface area contributed by atoms with Gasteiger partial charge in [-0.2, -0.15) is 0 Å². The van der Waals surface area contributed by atoms with E-state index in [1.165, 1.54) is 0 Å². The smallest absolute Gasteiger partial charge is 0.309 e. The third-order valence-electron chi connectivity index (χ3n) is 10.1. The molecule has 0 spiro atoms. The van der Waals surface area contributed by atoms with Crippen LogP contribution in [0.1, 0.15) is 53.3 Å². The predicted molar refractivity (Wildman–Crippen MR) is 184 cm³/mol. The van der Waals surface area contributed by atoms with Gasteiger partial charge in [0.1, 0.15) is 0 Å². The molecule has 3 saturated carbocycles. The van der Waals surface area contributed by atoms with Gasteiger partial charge < -0.3 is 25.0 Å². The van der Waals surface area contributed by atoms with Gasteiger partial charge in [-0.15, -0.1) is 0 Å². The fraction of sp³-hybridized carbons (Fsp3) is 0.400. The number of rotatable bonds is 12. The molecule has 3 fully saturated rings. The first-order chi connectivity index (χ1) is 23.6. The van der Waals surface area contributed by atoms with Crippen molar-refractivity contribution in [2.24, 2.45) is 12.5 Å². The molecule has 8 rings (SSSR count). The van der Waals surface area contributed by atoms with E-state index in [-0.39, 0.29) is 23.1 Å². The van der Waals surface area contributed by atoms with E-state index < -0.39 is 17.3 Å². The second kappa shape index (κ2) is 13.0. The predicted octanol–water partition coefficient (Wildman–Crippen LogP) is 5.93. The highest BCUT2D eigenvalue weighted by Crippen LogP contribution is 2.67. The van der Waals surface area contributed by atoms with Gasteiger partial charge in [-0.3, -0.25) is 23.9 Å². The number of carboxylic acids is 1. The van der Waals surface area contributed by atoms with E-state index in [9.17, 15) is 19.1 Å². The highest BCUT2D eigenvalue weighted by molar-refractivity contribution is 6.39. The summed E-state index contributed by atoms with van der Waals surface area (Å²) in [5.41, 5.74) is 4.51. The van der Waals surface area contributed by atoms with Crippen LogP contribution in [-0.4, -0.2) is 73.8 Å². The lowest BCUT2D eigenvalue weighted by Gasteiger charge is -2.68. The normalized spacial score (nSPS) is 21.0. The summed E-state index contributed by atoms with van der Waals surface area (Å²) in [5, 5.41) is 16.4. The van der Waals surface area contributed by atoms with Crippen molar-refractivity contribution in [2.45, 2.75) is 50.7 Å². The zero-order chi connectivity index (χ0) is 34.5. The number of amides is 1. The van der Waals surface area contributed by atoms with Crippen LogP contribution in [0.5, 0.6) is 5.88 Å². The average molecular weight is 709 g/mol. The summed E-state index contributed by atoms with van der Waals surface area (Å²) in [5.74, 6) is -0.413. The number of carboxylic acid groups (broad SMARTS) is 1. The average Bonchev–Trinajstić information content (AvgIpc) is 3.39. The standard InChI is InChI=1S/C35H36Cl2FN7O4/c1-44-26-10-14-45(13-4-11-38)16-25(26)41-30(44)31(46)42-24-6-3-5-22(27(24)36)29-28(37)21(9-12-39-29)23-8-7-20(32(43-23)49-2)15-40-35-17-34(18-35,19-35)33(47)48/h3,5-9,12,40H,4,10-11,13-19H2,1-2H3,(H,42,46)(H,47,48). The molecule has 4 heterocycles. The number of hydrogen-bond acceptors (Lipinski definition) is 8. The number of aromatic nitrogens is 4. The molecule has 4 aliphatic rings. The summed E-state index contributed by atoms with van der Waals surface area (Å²) in [4.78, 5) is 41.0. The molecule has 11 nitrogen and oxygen atoms in total. The fourth-order valence-corrected chi connectivity index (χ4v) is 8.07. The number of carbonyl (C=O) groups is 2. The Morgan fingerprint density at radius 2 is 1.88 bits per heavy atom. The molecule has 0 radical (unpaired) electrons. The number of benzene rings is 1. The fourth-order valence-electron chi connectivity index (χ4n) is 7.49. The van der Waals surface area contributed by atoms with Crippen molar-refractivity contribution in [1.82, 2.24) is 29.7 Å². The van der Waals surface area contributed by atoms with Crippen LogP contribution >= 0.6 is 23.2 Å². The van der Waals surface area contributed by atoms with E-state index in [1.807, 2.05) is 23.7 Å². The lowest BCUT2D eigenvalue weighted by Crippen LogP contribution is -2.76. The van der Waals surface area contributed by atoms with E-state index in [1.54, 1.807) is 37.6 Å². The summed E-state index contributed by atoms with van der Waals surface area (Å²) in [6.07, 6.45) is 4.74. The first-order valence-electron chi connectivity index (χ1n) is 16.2. The zero-order valence-electron chi connectivity index (χ0n) is 27.2. The Hall–Kier alpha value is -4.10. The molecule has 3 aromatic heterocycles. The van der Waals surface area contributed by atoms with Gasteiger partial charge in [0, 0.05) is 73.8 Å². The van der Waals surface area contributed by atoms with Crippen LogP contribution < -0.4 is 15.4 Å². The quantitative estimate of drug-likeness (QED) is 0.164. The molecule has 2 bridgehead atoms. The molecule has 14 heteroatoms. The molecule has 1 aromatic carbocycles. The maximum Gasteiger partial charge on any atom is 0.309 e. The highest BCUT2D eigenvalue weighted by atomic mass is 35.5. The lowest BCUT2D eigenvalue weighted by molar-refractivity contribution is -0.199. The van der Waals surface area contributed by atoms with Crippen molar-refractivity contribution >= 4 is 40.8 Å². The third kappa shape index (κ3) is 5.94. The summed E-state index contributed by atoms with van der Waals surface area (Å²) < 4.78 is 20.1. The third-order valence-corrected chi connectivity index (χ3v) is 10.9. The van der Waals surface area contributed by atoms with Crippen LogP contribution in [0.3, 0.4) is 0 Å². The number of alkyl halides is 1. The van der Waals surface area contributed by atoms with Gasteiger partial charge in [0.15, 0.2) is 5.82 Å². The minimum Gasteiger partial charge on any atom is -0.481 e. The van der Waals surface area contributed by atoms with Crippen LogP contribution in [0, 0.1) is 5.41 Å². The number of pyridine rings is 2. The van der Waals surface area contributed by atoms with Gasteiger partial charge in [-0.05, 0) is 43.9 Å². The van der Waals surface area contributed by atoms with Gasteiger partial charge >= 0.3 is 5.97 Å². The van der Waals surface area contributed by atoms with E-state index in [2.05, 4.69) is 25.5 Å². The molecule has 4 aromatic rings. The molecule has 0 saturated heterocycles. The van der Waals surface area contributed by atoms with Crippen LogP contribution in [0.2, 0.25) is 10.0 Å². The summed E-state index contributed by atoms with van der Waals surface area (Å²) in [7, 11) is 3.38. The van der Waals surface area contributed by atoms with Crippen molar-refractivity contribution in [1.29, 1.82) is 0 Å². The maximum absolute atomic E-state index is 13.5. The second-order valence-corrected chi connectivity index (χ2v) is 14.0. The Morgan fingerprint density at radius 3 is 2.61 bits per heavy atom. The molecule has 1 aliphatic heterocycles. The number of imidazole rings is 1. The summed E-state index contributed by atoms with van der Waals surface area (Å²) >= 11 is 13.9. The van der Waals surface area contributed by atoms with Crippen LogP contribution in [-0.2, 0) is 31.4 Å². The summed E-state index contributed by atoms with van der Waals surface area (Å²) in [6.45, 7) is 2.15. The van der Waals surface area contributed by atoms with Crippen LogP contribution in [0.4, 0.5) is 10.1 Å². The minimum absolute atomic E-state index is 0.130. The van der Waals surface area contributed by atoms with E-state index in [4.69, 9.17) is 32.9 Å². The molecular formula is C35H36Cl2FN7O4. The lowest BCUT2D eigenvalue weighted by atomic mass is 9.39. The molecular weight excluding hydrogens is 672 g/mol. The number of ether oxygens (including phenoxy) is 1. The van der Waals surface area contributed by atoms with Gasteiger partial charge in [0.25, 0.3) is 5.91 Å². The second-order valence-electron chi connectivity index (χ2n) is 13.2.